The van der Waals surface area contributed by atoms with Gasteiger partial charge in [-0.2, -0.15) is 0 Å². The summed E-state index contributed by atoms with van der Waals surface area (Å²) in [6.45, 7) is 1.20. The number of Topliss-reactive ketones (excluding diaryl/α,β-unsaturated/α-hetero) is 1. The normalized spacial score (nSPS) is 19.7. The number of ketones is 3. The summed E-state index contributed by atoms with van der Waals surface area (Å²) in [5, 5.41) is 32.0. The van der Waals surface area contributed by atoms with Gasteiger partial charge in [-0.25, -0.2) is 0 Å². The summed E-state index contributed by atoms with van der Waals surface area (Å²) in [6.07, 6.45) is 2.14. The molecule has 0 unspecified atom stereocenters. The number of aliphatic hydroxyl groups is 1. The zero-order chi connectivity index (χ0) is 20.4. The maximum Gasteiger partial charge on any atom is 0.202 e. The lowest BCUT2D eigenvalue weighted by atomic mass is 9.76. The monoisotopic (exact) mass is 380 g/mol. The summed E-state index contributed by atoms with van der Waals surface area (Å²) < 4.78 is 5.18. The van der Waals surface area contributed by atoms with Gasteiger partial charge in [0.15, 0.2) is 11.6 Å². The largest absolute Gasteiger partial charge is 0.507 e. The van der Waals surface area contributed by atoms with Crippen LogP contribution in [-0.4, -0.2) is 45.4 Å². The first-order valence-corrected chi connectivity index (χ1v) is 8.51. The molecule has 2 aromatic carbocycles. The second-order valence-electron chi connectivity index (χ2n) is 6.87. The van der Waals surface area contributed by atoms with Crippen molar-refractivity contribution >= 4 is 23.4 Å². The number of hydrogen-bond acceptors (Lipinski definition) is 7. The van der Waals surface area contributed by atoms with Crippen molar-refractivity contribution < 1.29 is 34.4 Å². The molecule has 0 aromatic heterocycles. The molecular formula is C21H16O7. The molecule has 0 heterocycles. The maximum atomic E-state index is 13.1. The molecule has 0 aliphatic heterocycles. The highest BCUT2D eigenvalue weighted by atomic mass is 16.5. The van der Waals surface area contributed by atoms with Crippen LogP contribution in [0, 0.1) is 0 Å². The van der Waals surface area contributed by atoms with Crippen LogP contribution in [0.1, 0.15) is 49.9 Å². The van der Waals surface area contributed by atoms with Crippen LogP contribution in [0.3, 0.4) is 0 Å². The fourth-order valence-electron chi connectivity index (χ4n) is 3.77. The Labute approximate surface area is 159 Å². The Bertz CT molecular complexity index is 1130. The van der Waals surface area contributed by atoms with Crippen molar-refractivity contribution in [2.45, 2.75) is 18.9 Å². The van der Waals surface area contributed by atoms with Crippen LogP contribution in [0.2, 0.25) is 0 Å². The summed E-state index contributed by atoms with van der Waals surface area (Å²) in [7, 11) is 1.36. The van der Waals surface area contributed by atoms with E-state index in [0.29, 0.717) is 0 Å². The number of aromatic hydroxyl groups is 2. The molecule has 0 saturated carbocycles. The molecule has 0 fully saturated rings. The molecule has 7 nitrogen and oxygen atoms in total. The summed E-state index contributed by atoms with van der Waals surface area (Å²) >= 11 is 0. The zero-order valence-electron chi connectivity index (χ0n) is 15.1. The van der Waals surface area contributed by atoms with Gasteiger partial charge in [-0.05, 0) is 19.1 Å². The van der Waals surface area contributed by atoms with Crippen molar-refractivity contribution in [1.82, 2.24) is 0 Å². The second-order valence-corrected chi connectivity index (χ2v) is 6.87. The first-order valence-electron chi connectivity index (χ1n) is 8.51. The quantitative estimate of drug-likeness (QED) is 0.579. The third kappa shape index (κ3) is 2.16. The Morgan fingerprint density at radius 3 is 2.39 bits per heavy atom. The Morgan fingerprint density at radius 2 is 1.75 bits per heavy atom. The van der Waals surface area contributed by atoms with Gasteiger partial charge >= 0.3 is 0 Å². The van der Waals surface area contributed by atoms with Crippen LogP contribution in [-0.2, 0) is 11.2 Å². The van der Waals surface area contributed by atoms with Crippen LogP contribution < -0.4 is 4.74 Å². The summed E-state index contributed by atoms with van der Waals surface area (Å²) in [5.74, 6) is -2.69. The average molecular weight is 380 g/mol. The summed E-state index contributed by atoms with van der Waals surface area (Å²) in [6, 6.07) is 4.50. The SMILES string of the molecule is COc1cccc2c1C(=O)c1c(O)c3c(c(O)c1C2=O)C[C@@](O)(C(C)=O)C=C3. The number of rotatable bonds is 2. The van der Waals surface area contributed by atoms with E-state index in [9.17, 15) is 29.7 Å². The number of phenolic OH excluding ortho intramolecular Hbond substituents is 2. The number of carbonyl (C=O) groups excluding carboxylic acids is 3. The standard InChI is InChI=1S/C21H16O7/c1-9(22)21(27)7-6-10-12(8-21)19(25)15-16(17(10)23)20(26)14-11(18(15)24)4-3-5-13(14)28-2/h3-7,23,25,27H,8H2,1-2H3/t21-/m1/s1. The molecule has 1 atom stereocenters. The molecule has 0 radical (unpaired) electrons. The van der Waals surface area contributed by atoms with Gasteiger partial charge in [-0.15, -0.1) is 0 Å². The Morgan fingerprint density at radius 1 is 1.07 bits per heavy atom. The molecule has 142 valence electrons. The average Bonchev–Trinajstić information content (AvgIpc) is 2.68. The van der Waals surface area contributed by atoms with Gasteiger partial charge in [0.25, 0.3) is 0 Å². The van der Waals surface area contributed by atoms with Gasteiger partial charge in [0, 0.05) is 23.1 Å². The van der Waals surface area contributed by atoms with Crippen LogP contribution in [0.15, 0.2) is 24.3 Å². The summed E-state index contributed by atoms with van der Waals surface area (Å²) in [5.41, 5.74) is -2.37. The van der Waals surface area contributed by atoms with E-state index in [1.165, 1.54) is 38.3 Å². The highest BCUT2D eigenvalue weighted by Gasteiger charge is 2.42. The van der Waals surface area contributed by atoms with Crippen LogP contribution in [0.5, 0.6) is 17.2 Å². The van der Waals surface area contributed by atoms with Crippen molar-refractivity contribution in [2.24, 2.45) is 0 Å². The minimum atomic E-state index is -1.87. The first-order chi connectivity index (χ1) is 13.2. The molecule has 7 heteroatoms. The van der Waals surface area contributed by atoms with Crippen LogP contribution in [0.25, 0.3) is 6.08 Å². The molecule has 0 bridgehead atoms. The van der Waals surface area contributed by atoms with Crippen molar-refractivity contribution in [3.05, 3.63) is 57.7 Å². The predicted molar refractivity (Wildman–Crippen MR) is 98.0 cm³/mol. The number of benzene rings is 2. The highest BCUT2D eigenvalue weighted by molar-refractivity contribution is 6.31. The molecule has 4 rings (SSSR count). The van der Waals surface area contributed by atoms with Crippen molar-refractivity contribution in [1.29, 1.82) is 0 Å². The minimum absolute atomic E-state index is 0.0113. The number of fused-ring (bicyclic) bond motifs is 3. The molecule has 0 amide bonds. The number of ether oxygens (including phenoxy) is 1. The molecule has 3 N–H and O–H groups in total. The molecule has 2 aromatic rings. The topological polar surface area (TPSA) is 121 Å². The fraction of sp³-hybridized carbons (Fsp3) is 0.190. The number of carbonyl (C=O) groups is 3. The highest BCUT2D eigenvalue weighted by Crippen LogP contribution is 2.47. The fourth-order valence-corrected chi connectivity index (χ4v) is 3.77. The van der Waals surface area contributed by atoms with E-state index >= 15 is 0 Å². The number of hydrogen-bond donors (Lipinski definition) is 3. The first kappa shape index (κ1) is 17.9. The molecule has 2 aliphatic carbocycles. The maximum absolute atomic E-state index is 13.1. The number of phenols is 2. The summed E-state index contributed by atoms with van der Waals surface area (Å²) in [4.78, 5) is 37.9. The van der Waals surface area contributed by atoms with Crippen molar-refractivity contribution in [3.63, 3.8) is 0 Å². The molecular weight excluding hydrogens is 364 g/mol. The third-order valence-electron chi connectivity index (χ3n) is 5.34. The van der Waals surface area contributed by atoms with Crippen LogP contribution >= 0.6 is 0 Å². The Hall–Kier alpha value is -3.45. The van der Waals surface area contributed by atoms with Crippen LogP contribution in [0.4, 0.5) is 0 Å². The lowest BCUT2D eigenvalue weighted by Crippen LogP contribution is -2.39. The van der Waals surface area contributed by atoms with E-state index in [4.69, 9.17) is 4.74 Å². The number of methoxy groups -OCH3 is 1. The third-order valence-corrected chi connectivity index (χ3v) is 5.34. The molecule has 28 heavy (non-hydrogen) atoms. The smallest absolute Gasteiger partial charge is 0.202 e. The van der Waals surface area contributed by atoms with Gasteiger partial charge in [0.1, 0.15) is 22.8 Å². The van der Waals surface area contributed by atoms with Gasteiger partial charge < -0.3 is 20.1 Å². The van der Waals surface area contributed by atoms with E-state index in [1.807, 2.05) is 0 Å². The zero-order valence-corrected chi connectivity index (χ0v) is 15.1. The van der Waals surface area contributed by atoms with E-state index < -0.39 is 34.4 Å². The van der Waals surface area contributed by atoms with Gasteiger partial charge in [-0.3, -0.25) is 14.4 Å². The lowest BCUT2D eigenvalue weighted by molar-refractivity contribution is -0.130. The van der Waals surface area contributed by atoms with E-state index in [-0.39, 0.29) is 45.6 Å². The van der Waals surface area contributed by atoms with E-state index in [2.05, 4.69) is 0 Å². The Balaban J connectivity index is 2.03. The minimum Gasteiger partial charge on any atom is -0.507 e. The molecule has 2 aliphatic rings. The van der Waals surface area contributed by atoms with E-state index in [0.717, 1.165) is 0 Å². The lowest BCUT2D eigenvalue weighted by Gasteiger charge is -2.30. The van der Waals surface area contributed by atoms with Crippen molar-refractivity contribution in [3.8, 4) is 17.2 Å². The van der Waals surface area contributed by atoms with Gasteiger partial charge in [0.05, 0.1) is 23.8 Å². The second kappa shape index (κ2) is 5.77. The Kier molecular flexibility index (Phi) is 3.70. The van der Waals surface area contributed by atoms with Gasteiger partial charge in [0.2, 0.25) is 5.78 Å². The van der Waals surface area contributed by atoms with Crippen molar-refractivity contribution in [2.75, 3.05) is 7.11 Å². The molecule has 0 saturated heterocycles. The van der Waals surface area contributed by atoms with Gasteiger partial charge in [-0.1, -0.05) is 18.2 Å². The van der Waals surface area contributed by atoms with E-state index in [1.54, 1.807) is 6.07 Å². The molecule has 0 spiro atoms. The predicted octanol–water partition coefficient (Wildman–Crippen LogP) is 1.77.